The lowest BCUT2D eigenvalue weighted by atomic mass is 10.1. The monoisotopic (exact) mass is 465 g/mol. The number of ether oxygens (including phenoxy) is 1. The molecule has 1 atom stereocenters. The van der Waals surface area contributed by atoms with Crippen LogP contribution >= 0.6 is 0 Å². The van der Waals surface area contributed by atoms with Crippen LogP contribution in [0.25, 0.3) is 27.9 Å². The molecule has 0 spiro atoms. The van der Waals surface area contributed by atoms with Crippen LogP contribution < -0.4 is 15.8 Å². The fraction of sp³-hybridized carbons (Fsp3) is 0.179. The molecule has 5 aromatic rings. The number of carbonyl (C=O) groups excluding carboxylic acids is 1. The third kappa shape index (κ3) is 4.40. The molecule has 0 fully saturated rings. The molecule has 2 aromatic heterocycles. The average molecular weight is 466 g/mol. The van der Waals surface area contributed by atoms with Gasteiger partial charge in [0.05, 0.1) is 18.1 Å². The molecule has 0 unspecified atom stereocenters. The van der Waals surface area contributed by atoms with Gasteiger partial charge in [-0.2, -0.15) is 0 Å². The molecule has 1 amide bonds. The predicted molar refractivity (Wildman–Crippen MR) is 139 cm³/mol. The lowest BCUT2D eigenvalue weighted by Crippen LogP contribution is -2.33. The summed E-state index contributed by atoms with van der Waals surface area (Å²) in [6, 6.07) is 25.2. The van der Waals surface area contributed by atoms with Crippen molar-refractivity contribution in [3.8, 4) is 11.4 Å². The number of aromatic nitrogens is 3. The molecular weight excluding hydrogens is 438 g/mol. The number of nitrogens with one attached hydrogen (secondary N) is 1. The molecule has 0 bridgehead atoms. The number of methoxy groups -OCH3 is 1. The van der Waals surface area contributed by atoms with Gasteiger partial charge in [0, 0.05) is 11.7 Å². The highest BCUT2D eigenvalue weighted by molar-refractivity contribution is 6.11. The fourth-order valence-electron chi connectivity index (χ4n) is 4.27. The number of nitrogen functional groups attached to an aromatic ring is 1. The van der Waals surface area contributed by atoms with E-state index in [1.54, 1.807) is 11.7 Å². The van der Waals surface area contributed by atoms with Gasteiger partial charge >= 0.3 is 0 Å². The highest BCUT2D eigenvalue weighted by atomic mass is 16.5. The number of nitrogens with two attached hydrogens (primary N) is 1. The maximum atomic E-state index is 13.5. The average Bonchev–Trinajstić information content (AvgIpc) is 3.17. The van der Waals surface area contributed by atoms with Gasteiger partial charge in [0.15, 0.2) is 5.65 Å². The van der Waals surface area contributed by atoms with Gasteiger partial charge in [-0.3, -0.25) is 9.36 Å². The smallest absolute Gasteiger partial charge is 0.257 e. The normalized spacial score (nSPS) is 12.1. The van der Waals surface area contributed by atoms with E-state index < -0.39 is 0 Å². The highest BCUT2D eigenvalue weighted by Crippen LogP contribution is 2.31. The van der Waals surface area contributed by atoms with Crippen LogP contribution in [0.4, 0.5) is 5.82 Å². The van der Waals surface area contributed by atoms with Gasteiger partial charge in [-0.1, -0.05) is 42.5 Å². The second kappa shape index (κ2) is 9.46. The van der Waals surface area contributed by atoms with Gasteiger partial charge in [-0.15, -0.1) is 0 Å². The predicted octanol–water partition coefficient (Wildman–Crippen LogP) is 4.92. The zero-order chi connectivity index (χ0) is 24.4. The molecule has 2 heterocycles. The van der Waals surface area contributed by atoms with Crippen LogP contribution in [0.2, 0.25) is 0 Å². The molecule has 3 N–H and O–H groups in total. The molecule has 0 aliphatic rings. The van der Waals surface area contributed by atoms with E-state index in [0.29, 0.717) is 28.1 Å². The van der Waals surface area contributed by atoms with Gasteiger partial charge in [0.1, 0.15) is 22.6 Å². The third-order valence-electron chi connectivity index (χ3n) is 6.14. The minimum atomic E-state index is -0.259. The van der Waals surface area contributed by atoms with Gasteiger partial charge < -0.3 is 15.8 Å². The summed E-state index contributed by atoms with van der Waals surface area (Å²) in [5.41, 5.74) is 11.4. The molecule has 0 radical (unpaired) electrons. The Morgan fingerprint density at radius 1 is 0.971 bits per heavy atom. The first-order valence-electron chi connectivity index (χ1n) is 11.6. The number of carbonyl (C=O) groups is 1. The van der Waals surface area contributed by atoms with E-state index in [-0.39, 0.29) is 11.9 Å². The summed E-state index contributed by atoms with van der Waals surface area (Å²) in [4.78, 5) is 23.1. The first-order valence-corrected chi connectivity index (χ1v) is 11.6. The zero-order valence-electron chi connectivity index (χ0n) is 19.7. The Morgan fingerprint density at radius 2 is 1.63 bits per heavy atom. The second-order valence-corrected chi connectivity index (χ2v) is 8.58. The number of anilines is 1. The van der Waals surface area contributed by atoms with Crippen molar-refractivity contribution in [3.63, 3.8) is 0 Å². The molecular formula is C28H27N5O2. The maximum Gasteiger partial charge on any atom is 0.257 e. The van der Waals surface area contributed by atoms with Crippen molar-refractivity contribution >= 4 is 33.9 Å². The van der Waals surface area contributed by atoms with Crippen LogP contribution in [0, 0.1) is 0 Å². The van der Waals surface area contributed by atoms with E-state index >= 15 is 0 Å². The van der Waals surface area contributed by atoms with Gasteiger partial charge in [0.25, 0.3) is 5.91 Å². The zero-order valence-corrected chi connectivity index (χ0v) is 19.7. The Morgan fingerprint density at radius 3 is 2.31 bits per heavy atom. The maximum absolute atomic E-state index is 13.5. The molecule has 7 heteroatoms. The van der Waals surface area contributed by atoms with Crippen molar-refractivity contribution < 1.29 is 9.53 Å². The van der Waals surface area contributed by atoms with Crippen molar-refractivity contribution in [2.75, 3.05) is 12.8 Å². The molecule has 3 aromatic carbocycles. The third-order valence-corrected chi connectivity index (χ3v) is 6.14. The number of para-hydroxylation sites is 2. The lowest BCUT2D eigenvalue weighted by Gasteiger charge is -2.14. The highest BCUT2D eigenvalue weighted by Gasteiger charge is 2.25. The summed E-state index contributed by atoms with van der Waals surface area (Å²) in [6.45, 7) is 2.00. The number of amides is 1. The number of benzene rings is 3. The minimum absolute atomic E-state index is 0.0464. The van der Waals surface area contributed by atoms with E-state index in [2.05, 4.69) is 17.4 Å². The summed E-state index contributed by atoms with van der Waals surface area (Å²) in [5, 5.41) is 3.11. The molecule has 5 rings (SSSR count). The Hall–Kier alpha value is -4.39. The summed E-state index contributed by atoms with van der Waals surface area (Å²) in [7, 11) is 1.62. The molecule has 0 aliphatic carbocycles. The number of hydrogen-bond donors (Lipinski definition) is 2. The summed E-state index contributed by atoms with van der Waals surface area (Å²) in [6.07, 6.45) is 1.68. The van der Waals surface area contributed by atoms with Crippen LogP contribution in [-0.4, -0.2) is 33.6 Å². The fourth-order valence-corrected chi connectivity index (χ4v) is 4.27. The van der Waals surface area contributed by atoms with E-state index in [9.17, 15) is 4.79 Å². The Labute approximate surface area is 203 Å². The SMILES string of the molecule is COc1ccc(-n2c(N)c(C(=O)N[C@H](C)CCc3ccccc3)c3nc4ccccc4nc32)cc1. The molecule has 176 valence electrons. The topological polar surface area (TPSA) is 95.1 Å². The number of fused-ring (bicyclic) bond motifs is 2. The molecule has 0 saturated carbocycles. The Balaban J connectivity index is 1.54. The van der Waals surface area contributed by atoms with Crippen molar-refractivity contribution in [2.24, 2.45) is 0 Å². The number of hydrogen-bond acceptors (Lipinski definition) is 5. The number of aryl methyl sites for hydroxylation is 1. The van der Waals surface area contributed by atoms with Gasteiger partial charge in [-0.05, 0) is 61.7 Å². The first kappa shape index (κ1) is 22.4. The van der Waals surface area contributed by atoms with E-state index in [4.69, 9.17) is 20.4 Å². The Kier molecular flexibility index (Phi) is 6.06. The van der Waals surface area contributed by atoms with Crippen LogP contribution in [0.1, 0.15) is 29.3 Å². The molecule has 35 heavy (non-hydrogen) atoms. The van der Waals surface area contributed by atoms with E-state index in [1.807, 2.05) is 73.7 Å². The standard InChI is InChI=1S/C28H27N5O2/c1-18(12-13-19-8-4-3-5-9-19)30-28(34)24-25-27(32-23-11-7-6-10-22(23)31-25)33(26(24)29)20-14-16-21(35-2)17-15-20/h3-11,14-18H,12-13,29H2,1-2H3,(H,30,34)/t18-/m1/s1. The molecule has 0 saturated heterocycles. The Bertz CT molecular complexity index is 1490. The van der Waals surface area contributed by atoms with Crippen molar-refractivity contribution in [1.29, 1.82) is 0 Å². The first-order chi connectivity index (χ1) is 17.0. The summed E-state index contributed by atoms with van der Waals surface area (Å²) in [5.74, 6) is 0.767. The summed E-state index contributed by atoms with van der Waals surface area (Å²) >= 11 is 0. The van der Waals surface area contributed by atoms with E-state index in [0.717, 1.165) is 29.8 Å². The number of nitrogens with zero attached hydrogens (tertiary/aromatic N) is 3. The molecule has 7 nitrogen and oxygen atoms in total. The van der Waals surface area contributed by atoms with Crippen molar-refractivity contribution in [2.45, 2.75) is 25.8 Å². The van der Waals surface area contributed by atoms with Gasteiger partial charge in [-0.25, -0.2) is 9.97 Å². The van der Waals surface area contributed by atoms with Crippen LogP contribution in [0.5, 0.6) is 5.75 Å². The second-order valence-electron chi connectivity index (χ2n) is 8.58. The van der Waals surface area contributed by atoms with Crippen LogP contribution in [0.15, 0.2) is 78.9 Å². The minimum Gasteiger partial charge on any atom is -0.497 e. The summed E-state index contributed by atoms with van der Waals surface area (Å²) < 4.78 is 7.07. The lowest BCUT2D eigenvalue weighted by molar-refractivity contribution is 0.0941. The van der Waals surface area contributed by atoms with E-state index in [1.165, 1.54) is 5.56 Å². The number of rotatable bonds is 7. The molecule has 0 aliphatic heterocycles. The quantitative estimate of drug-likeness (QED) is 0.356. The van der Waals surface area contributed by atoms with Crippen LogP contribution in [-0.2, 0) is 6.42 Å². The van der Waals surface area contributed by atoms with Crippen molar-refractivity contribution in [1.82, 2.24) is 19.9 Å². The van der Waals surface area contributed by atoms with Crippen LogP contribution in [0.3, 0.4) is 0 Å². The largest absolute Gasteiger partial charge is 0.497 e. The van der Waals surface area contributed by atoms with Crippen molar-refractivity contribution in [3.05, 3.63) is 90.0 Å². The van der Waals surface area contributed by atoms with Gasteiger partial charge in [0.2, 0.25) is 0 Å².